The van der Waals surface area contributed by atoms with E-state index in [-0.39, 0.29) is 4.90 Å². The van der Waals surface area contributed by atoms with Crippen LogP contribution in [-0.2, 0) is 22.0 Å². The molecule has 23 heavy (non-hydrogen) atoms. The molecule has 0 spiro atoms. The van der Waals surface area contributed by atoms with Crippen LogP contribution in [0.4, 0.5) is 0 Å². The molecule has 0 bridgehead atoms. The molecule has 0 fully saturated rings. The average molecular weight is 337 g/mol. The largest absolute Gasteiger partial charge is 0.469 e. The smallest absolute Gasteiger partial charge is 0.175 e. The van der Waals surface area contributed by atoms with Gasteiger partial charge in [0.15, 0.2) is 9.84 Å². The zero-order valence-corrected chi connectivity index (χ0v) is 14.7. The molecule has 1 atom stereocenters. The second-order valence-electron chi connectivity index (χ2n) is 6.24. The van der Waals surface area contributed by atoms with Crippen LogP contribution in [-0.4, -0.2) is 38.3 Å². The maximum Gasteiger partial charge on any atom is 0.175 e. The summed E-state index contributed by atoms with van der Waals surface area (Å²) in [6.07, 6.45) is 2.82. The van der Waals surface area contributed by atoms with Crippen molar-refractivity contribution in [2.24, 2.45) is 0 Å². The topological polar surface area (TPSA) is 70.8 Å². The van der Waals surface area contributed by atoms with Crippen LogP contribution in [0, 0.1) is 6.92 Å². The number of hydrogen-bond donors (Lipinski definition) is 1. The van der Waals surface area contributed by atoms with E-state index in [4.69, 9.17) is 4.42 Å². The minimum Gasteiger partial charge on any atom is -0.469 e. The quantitative estimate of drug-likeness (QED) is 0.876. The number of benzene rings is 1. The summed E-state index contributed by atoms with van der Waals surface area (Å²) in [5.41, 5.74) is 0.680. The molecule has 126 valence electrons. The molecule has 0 unspecified atom stereocenters. The third kappa shape index (κ3) is 4.43. The van der Waals surface area contributed by atoms with Crippen molar-refractivity contribution in [2.75, 3.05) is 19.8 Å². The summed E-state index contributed by atoms with van der Waals surface area (Å²) in [4.78, 5) is 2.25. The van der Waals surface area contributed by atoms with Crippen molar-refractivity contribution in [3.05, 3.63) is 53.5 Å². The van der Waals surface area contributed by atoms with E-state index in [0.29, 0.717) is 18.7 Å². The first-order valence-electron chi connectivity index (χ1n) is 7.34. The van der Waals surface area contributed by atoms with Gasteiger partial charge in [-0.15, -0.1) is 0 Å². The Balaban J connectivity index is 2.10. The van der Waals surface area contributed by atoms with Gasteiger partial charge in [0.2, 0.25) is 0 Å². The van der Waals surface area contributed by atoms with E-state index in [1.807, 2.05) is 24.9 Å². The van der Waals surface area contributed by atoms with Gasteiger partial charge < -0.3 is 9.52 Å². The SMILES string of the molecule is Cc1occc1CN(C)C[C@@](C)(O)c1ccc(S(C)(=O)=O)cc1. The maximum absolute atomic E-state index is 11.5. The highest BCUT2D eigenvalue weighted by Crippen LogP contribution is 2.24. The molecule has 1 aromatic heterocycles. The summed E-state index contributed by atoms with van der Waals surface area (Å²) in [6.45, 7) is 4.71. The lowest BCUT2D eigenvalue weighted by atomic mass is 9.95. The molecule has 6 heteroatoms. The Hall–Kier alpha value is -1.63. The summed E-state index contributed by atoms with van der Waals surface area (Å²) < 4.78 is 28.3. The van der Waals surface area contributed by atoms with Gasteiger partial charge in [-0.25, -0.2) is 8.42 Å². The van der Waals surface area contributed by atoms with Crippen molar-refractivity contribution in [3.8, 4) is 0 Å². The third-order valence-electron chi connectivity index (χ3n) is 3.89. The molecular formula is C17H23NO4S. The Labute approximate surface area is 137 Å². The van der Waals surface area contributed by atoms with E-state index < -0.39 is 15.4 Å². The van der Waals surface area contributed by atoms with Crippen LogP contribution in [0.2, 0.25) is 0 Å². The van der Waals surface area contributed by atoms with E-state index in [1.54, 1.807) is 25.3 Å². The second-order valence-corrected chi connectivity index (χ2v) is 8.26. The average Bonchev–Trinajstić information content (AvgIpc) is 2.83. The monoisotopic (exact) mass is 337 g/mol. The van der Waals surface area contributed by atoms with Crippen molar-refractivity contribution in [1.29, 1.82) is 0 Å². The zero-order valence-electron chi connectivity index (χ0n) is 13.9. The van der Waals surface area contributed by atoms with Gasteiger partial charge in [0.05, 0.1) is 16.8 Å². The number of aryl methyl sites for hydroxylation is 1. The van der Waals surface area contributed by atoms with Gasteiger partial charge in [-0.05, 0) is 44.7 Å². The Morgan fingerprint density at radius 2 is 1.83 bits per heavy atom. The Bertz CT molecular complexity index is 760. The van der Waals surface area contributed by atoms with Gasteiger partial charge in [0.25, 0.3) is 0 Å². The standard InChI is InChI=1S/C17H23NO4S/c1-13-14(9-10-22-13)11-18(3)12-17(2,19)15-5-7-16(8-6-15)23(4,20)21/h5-10,19H,11-12H2,1-4H3/t17-/m1/s1. The summed E-state index contributed by atoms with van der Waals surface area (Å²) >= 11 is 0. The summed E-state index contributed by atoms with van der Waals surface area (Å²) in [6, 6.07) is 8.29. The number of nitrogens with zero attached hydrogens (tertiary/aromatic N) is 1. The van der Waals surface area contributed by atoms with Crippen molar-refractivity contribution in [1.82, 2.24) is 4.90 Å². The molecule has 2 aromatic rings. The van der Waals surface area contributed by atoms with Gasteiger partial charge in [-0.2, -0.15) is 0 Å². The third-order valence-corrected chi connectivity index (χ3v) is 5.02. The van der Waals surface area contributed by atoms with E-state index in [9.17, 15) is 13.5 Å². The van der Waals surface area contributed by atoms with Crippen LogP contribution in [0.5, 0.6) is 0 Å². The molecule has 0 radical (unpaired) electrons. The van der Waals surface area contributed by atoms with Gasteiger partial charge in [-0.1, -0.05) is 12.1 Å². The first-order chi connectivity index (χ1) is 10.6. The van der Waals surface area contributed by atoms with E-state index >= 15 is 0 Å². The van der Waals surface area contributed by atoms with Crippen molar-refractivity contribution in [2.45, 2.75) is 30.9 Å². The Morgan fingerprint density at radius 1 is 1.22 bits per heavy atom. The molecule has 0 saturated heterocycles. The predicted molar refractivity (Wildman–Crippen MR) is 88.9 cm³/mol. The summed E-state index contributed by atoms with van der Waals surface area (Å²) in [5.74, 6) is 0.869. The highest BCUT2D eigenvalue weighted by atomic mass is 32.2. The predicted octanol–water partition coefficient (Wildman–Crippen LogP) is 2.33. The zero-order chi connectivity index (χ0) is 17.3. The van der Waals surface area contributed by atoms with Crippen LogP contribution in [0.1, 0.15) is 23.8 Å². The van der Waals surface area contributed by atoms with Gasteiger partial charge >= 0.3 is 0 Å². The highest BCUT2D eigenvalue weighted by Gasteiger charge is 2.25. The molecule has 0 aliphatic heterocycles. The van der Waals surface area contributed by atoms with Crippen molar-refractivity contribution >= 4 is 9.84 Å². The van der Waals surface area contributed by atoms with E-state index in [1.165, 1.54) is 18.4 Å². The molecule has 1 N–H and O–H groups in total. The van der Waals surface area contributed by atoms with E-state index in [0.717, 1.165) is 11.3 Å². The van der Waals surface area contributed by atoms with Crippen LogP contribution >= 0.6 is 0 Å². The summed E-state index contributed by atoms with van der Waals surface area (Å²) in [5, 5.41) is 10.7. The maximum atomic E-state index is 11.5. The lowest BCUT2D eigenvalue weighted by molar-refractivity contribution is 0.0212. The molecule has 1 heterocycles. The molecule has 1 aromatic carbocycles. The van der Waals surface area contributed by atoms with Gasteiger partial charge in [0.1, 0.15) is 5.76 Å². The fraction of sp³-hybridized carbons (Fsp3) is 0.412. The number of likely N-dealkylation sites (N-methyl/N-ethyl adjacent to an activating group) is 1. The molecule has 0 aliphatic rings. The Kier molecular flexibility index (Phi) is 4.98. The first-order valence-corrected chi connectivity index (χ1v) is 9.23. The number of furan rings is 1. The lowest BCUT2D eigenvalue weighted by Gasteiger charge is -2.29. The minimum absolute atomic E-state index is 0.249. The van der Waals surface area contributed by atoms with Crippen LogP contribution in [0.25, 0.3) is 0 Å². The van der Waals surface area contributed by atoms with Gasteiger partial charge in [-0.3, -0.25) is 4.90 Å². The van der Waals surface area contributed by atoms with Crippen molar-refractivity contribution < 1.29 is 17.9 Å². The van der Waals surface area contributed by atoms with Crippen LogP contribution in [0.3, 0.4) is 0 Å². The number of sulfone groups is 1. The molecule has 5 nitrogen and oxygen atoms in total. The fourth-order valence-corrected chi connectivity index (χ4v) is 3.23. The molecule has 2 rings (SSSR count). The number of rotatable bonds is 6. The number of hydrogen-bond acceptors (Lipinski definition) is 5. The number of aliphatic hydroxyl groups is 1. The second kappa shape index (κ2) is 6.47. The van der Waals surface area contributed by atoms with Crippen LogP contribution < -0.4 is 0 Å². The minimum atomic E-state index is -3.23. The first kappa shape index (κ1) is 17.7. The van der Waals surface area contributed by atoms with E-state index in [2.05, 4.69) is 0 Å². The normalized spacial score (nSPS) is 14.9. The van der Waals surface area contributed by atoms with Gasteiger partial charge in [0, 0.05) is 24.9 Å². The van der Waals surface area contributed by atoms with Crippen molar-refractivity contribution in [3.63, 3.8) is 0 Å². The fourth-order valence-electron chi connectivity index (χ4n) is 2.60. The Morgan fingerprint density at radius 3 is 2.30 bits per heavy atom. The van der Waals surface area contributed by atoms with Crippen LogP contribution in [0.15, 0.2) is 45.9 Å². The molecule has 0 aliphatic carbocycles. The lowest BCUT2D eigenvalue weighted by Crippen LogP contribution is -2.36. The molecule has 0 saturated carbocycles. The molecule has 0 amide bonds. The summed E-state index contributed by atoms with van der Waals surface area (Å²) in [7, 11) is -1.31. The molecular weight excluding hydrogens is 314 g/mol. The highest BCUT2D eigenvalue weighted by molar-refractivity contribution is 7.90.